The van der Waals surface area contributed by atoms with E-state index in [1.54, 1.807) is 18.2 Å². The highest BCUT2D eigenvalue weighted by Crippen LogP contribution is 2.24. The Morgan fingerprint density at radius 1 is 1.30 bits per heavy atom. The second-order valence-corrected chi connectivity index (χ2v) is 5.83. The van der Waals surface area contributed by atoms with Crippen molar-refractivity contribution in [3.63, 3.8) is 0 Å². The first-order chi connectivity index (χ1) is 11.0. The maximum Gasteiger partial charge on any atom is 0.241 e. The lowest BCUT2D eigenvalue weighted by atomic mass is 9.83. The fraction of sp³-hybridized carbons (Fsp3) is 0.471. The van der Waals surface area contributed by atoms with Gasteiger partial charge in [0.1, 0.15) is 6.54 Å². The normalized spacial score (nSPS) is 11.6. The molecule has 1 amide bonds. The number of rotatable bonds is 7. The number of para-hydroxylation sites is 1. The van der Waals surface area contributed by atoms with Gasteiger partial charge in [-0.1, -0.05) is 26.0 Å². The maximum absolute atomic E-state index is 12.2. The predicted molar refractivity (Wildman–Crippen MR) is 89.1 cm³/mol. The Kier molecular flexibility index (Phi) is 5.50. The summed E-state index contributed by atoms with van der Waals surface area (Å²) in [5, 5.41) is 17.0. The molecule has 0 atom stereocenters. The number of aliphatic hydroxyl groups excluding tert-OH is 1. The number of benzene rings is 1. The average molecular weight is 317 g/mol. The first kappa shape index (κ1) is 17.1. The molecule has 1 aromatic carbocycles. The molecular formula is C17H23N3O3. The van der Waals surface area contributed by atoms with Gasteiger partial charge in [0.2, 0.25) is 11.3 Å². The van der Waals surface area contributed by atoms with Gasteiger partial charge in [0.15, 0.2) is 0 Å². The van der Waals surface area contributed by atoms with E-state index >= 15 is 0 Å². The third-order valence-corrected chi connectivity index (χ3v) is 4.55. The Morgan fingerprint density at radius 2 is 2.00 bits per heavy atom. The summed E-state index contributed by atoms with van der Waals surface area (Å²) in [5.74, 6) is -0.189. The topological polar surface area (TPSA) is 84.2 Å². The molecule has 0 saturated carbocycles. The number of nitrogens with one attached hydrogen (secondary N) is 1. The third kappa shape index (κ3) is 3.76. The summed E-state index contributed by atoms with van der Waals surface area (Å²) in [5.41, 5.74) is 0.192. The summed E-state index contributed by atoms with van der Waals surface area (Å²) >= 11 is 0. The molecular weight excluding hydrogens is 294 g/mol. The number of carbonyl (C=O) groups is 1. The van der Waals surface area contributed by atoms with Crippen LogP contribution in [0.15, 0.2) is 35.3 Å². The number of hydrogen-bond donors (Lipinski definition) is 2. The lowest BCUT2D eigenvalue weighted by Crippen LogP contribution is -2.40. The zero-order chi connectivity index (χ0) is 16.9. The van der Waals surface area contributed by atoms with Gasteiger partial charge in [-0.3, -0.25) is 14.3 Å². The van der Waals surface area contributed by atoms with Crippen molar-refractivity contribution in [2.24, 2.45) is 5.41 Å². The van der Waals surface area contributed by atoms with Gasteiger partial charge in [-0.05, 0) is 25.0 Å². The van der Waals surface area contributed by atoms with E-state index in [1.165, 1.54) is 10.9 Å². The van der Waals surface area contributed by atoms with Crippen LogP contribution in [0, 0.1) is 5.41 Å². The largest absolute Gasteiger partial charge is 0.396 e. The van der Waals surface area contributed by atoms with Gasteiger partial charge in [0.25, 0.3) is 0 Å². The van der Waals surface area contributed by atoms with Crippen molar-refractivity contribution in [1.82, 2.24) is 15.1 Å². The number of aliphatic hydroxyl groups is 1. The molecule has 124 valence electrons. The van der Waals surface area contributed by atoms with Crippen LogP contribution in [-0.2, 0) is 11.3 Å². The van der Waals surface area contributed by atoms with Crippen molar-refractivity contribution in [3.8, 4) is 0 Å². The Bertz CT molecular complexity index is 727. The second kappa shape index (κ2) is 7.37. The maximum atomic E-state index is 12.2. The van der Waals surface area contributed by atoms with Crippen LogP contribution in [0.4, 0.5) is 0 Å². The Morgan fingerprint density at radius 3 is 2.65 bits per heavy atom. The number of nitrogens with zero attached hydrogens (tertiary/aromatic N) is 2. The summed E-state index contributed by atoms with van der Waals surface area (Å²) in [7, 11) is 0. The highest BCUT2D eigenvalue weighted by atomic mass is 16.3. The van der Waals surface area contributed by atoms with E-state index in [2.05, 4.69) is 10.4 Å². The summed E-state index contributed by atoms with van der Waals surface area (Å²) < 4.78 is 1.52. The molecule has 0 aliphatic rings. The Hall–Kier alpha value is -2.21. The van der Waals surface area contributed by atoms with Gasteiger partial charge >= 0.3 is 0 Å². The number of amides is 1. The Balaban J connectivity index is 2.12. The number of carbonyl (C=O) groups excluding carboxylic acids is 1. The standard InChI is InChI=1S/C17H23N3O3/c1-3-17(4-2,12-21)11-18-16(23)10-20-14-8-6-5-7-13(14)15(22)9-19-20/h5-9,21H,3-4,10-12H2,1-2H3,(H,18,23). The van der Waals surface area contributed by atoms with Gasteiger partial charge in [-0.15, -0.1) is 0 Å². The van der Waals surface area contributed by atoms with Gasteiger partial charge in [-0.2, -0.15) is 5.10 Å². The van der Waals surface area contributed by atoms with Crippen LogP contribution >= 0.6 is 0 Å². The van der Waals surface area contributed by atoms with Crippen molar-refractivity contribution in [3.05, 3.63) is 40.7 Å². The third-order valence-electron chi connectivity index (χ3n) is 4.55. The van der Waals surface area contributed by atoms with E-state index in [-0.39, 0.29) is 29.9 Å². The van der Waals surface area contributed by atoms with Crippen molar-refractivity contribution in [2.45, 2.75) is 33.2 Å². The SMILES string of the molecule is CCC(CC)(CO)CNC(=O)Cn1ncc(=O)c2ccccc21. The second-order valence-electron chi connectivity index (χ2n) is 5.83. The molecule has 0 spiro atoms. The van der Waals surface area contributed by atoms with Crippen LogP contribution in [0.1, 0.15) is 26.7 Å². The predicted octanol–water partition coefficient (Wildman–Crippen LogP) is 1.31. The smallest absolute Gasteiger partial charge is 0.241 e. The van der Waals surface area contributed by atoms with Crippen LogP contribution in [-0.4, -0.2) is 33.9 Å². The number of fused-ring (bicyclic) bond motifs is 1. The molecule has 6 nitrogen and oxygen atoms in total. The molecule has 1 heterocycles. The highest BCUT2D eigenvalue weighted by molar-refractivity contribution is 5.81. The van der Waals surface area contributed by atoms with E-state index in [0.717, 1.165) is 12.8 Å². The summed E-state index contributed by atoms with van der Waals surface area (Å²) in [6.07, 6.45) is 2.81. The van der Waals surface area contributed by atoms with Crippen LogP contribution < -0.4 is 10.7 Å². The minimum Gasteiger partial charge on any atom is -0.396 e. The van der Waals surface area contributed by atoms with Crippen molar-refractivity contribution >= 4 is 16.8 Å². The Labute approximate surface area is 135 Å². The van der Waals surface area contributed by atoms with Crippen molar-refractivity contribution < 1.29 is 9.90 Å². The molecule has 2 N–H and O–H groups in total. The van der Waals surface area contributed by atoms with Gasteiger partial charge < -0.3 is 10.4 Å². The van der Waals surface area contributed by atoms with Crippen LogP contribution in [0.3, 0.4) is 0 Å². The summed E-state index contributed by atoms with van der Waals surface area (Å²) in [6, 6.07) is 7.08. The lowest BCUT2D eigenvalue weighted by Gasteiger charge is -2.29. The van der Waals surface area contributed by atoms with E-state index in [9.17, 15) is 14.7 Å². The van der Waals surface area contributed by atoms with Crippen molar-refractivity contribution in [1.29, 1.82) is 0 Å². The van der Waals surface area contributed by atoms with E-state index in [0.29, 0.717) is 17.4 Å². The van der Waals surface area contributed by atoms with Crippen LogP contribution in [0.2, 0.25) is 0 Å². The minimum atomic E-state index is -0.283. The molecule has 0 radical (unpaired) electrons. The average Bonchev–Trinajstić information content (AvgIpc) is 2.59. The molecule has 1 aromatic heterocycles. The number of hydrogen-bond acceptors (Lipinski definition) is 4. The van der Waals surface area contributed by atoms with Crippen molar-refractivity contribution in [2.75, 3.05) is 13.2 Å². The van der Waals surface area contributed by atoms with E-state index in [4.69, 9.17) is 0 Å². The first-order valence-corrected chi connectivity index (χ1v) is 7.87. The van der Waals surface area contributed by atoms with Crippen LogP contribution in [0.5, 0.6) is 0 Å². The lowest BCUT2D eigenvalue weighted by molar-refractivity contribution is -0.122. The summed E-state index contributed by atoms with van der Waals surface area (Å²) in [6.45, 7) is 4.51. The van der Waals surface area contributed by atoms with E-state index in [1.807, 2.05) is 19.9 Å². The minimum absolute atomic E-state index is 0.0374. The molecule has 6 heteroatoms. The molecule has 0 fully saturated rings. The molecule has 0 unspecified atom stereocenters. The van der Waals surface area contributed by atoms with Gasteiger partial charge in [-0.25, -0.2) is 0 Å². The van der Waals surface area contributed by atoms with Gasteiger partial charge in [0, 0.05) is 17.3 Å². The molecule has 2 rings (SSSR count). The first-order valence-electron chi connectivity index (χ1n) is 7.87. The quantitative estimate of drug-likeness (QED) is 0.806. The van der Waals surface area contributed by atoms with E-state index < -0.39 is 0 Å². The monoisotopic (exact) mass is 317 g/mol. The fourth-order valence-corrected chi connectivity index (χ4v) is 2.54. The molecule has 0 aliphatic heterocycles. The van der Waals surface area contributed by atoms with Crippen LogP contribution in [0.25, 0.3) is 10.9 Å². The molecule has 0 aliphatic carbocycles. The summed E-state index contributed by atoms with van der Waals surface area (Å²) in [4.78, 5) is 24.0. The molecule has 2 aromatic rings. The zero-order valence-corrected chi connectivity index (χ0v) is 13.6. The zero-order valence-electron chi connectivity index (χ0n) is 13.6. The highest BCUT2D eigenvalue weighted by Gasteiger charge is 2.25. The number of aromatic nitrogens is 2. The molecule has 0 saturated heterocycles. The fourth-order valence-electron chi connectivity index (χ4n) is 2.54. The molecule has 23 heavy (non-hydrogen) atoms. The molecule has 0 bridgehead atoms. The van der Waals surface area contributed by atoms with Gasteiger partial charge in [0.05, 0.1) is 18.3 Å².